The highest BCUT2D eigenvalue weighted by Crippen LogP contribution is 2.25. The molecule has 0 radical (unpaired) electrons. The number of carbonyl (C=O) groups excluding carboxylic acids is 2. The molecule has 1 aromatic carbocycles. The van der Waals surface area contributed by atoms with Gasteiger partial charge >= 0.3 is 5.97 Å². The van der Waals surface area contributed by atoms with Crippen molar-refractivity contribution in [2.45, 2.75) is 37.1 Å². The second-order valence-electron chi connectivity index (χ2n) is 5.74. The first-order chi connectivity index (χ1) is 11.4. The van der Waals surface area contributed by atoms with Gasteiger partial charge in [0.25, 0.3) is 5.91 Å². The van der Waals surface area contributed by atoms with E-state index < -0.39 is 28.5 Å². The van der Waals surface area contributed by atoms with Gasteiger partial charge in [-0.2, -0.15) is 4.31 Å². The molecular weight excluding hydrogens is 332 g/mol. The molecule has 24 heavy (non-hydrogen) atoms. The van der Waals surface area contributed by atoms with Crippen molar-refractivity contribution in [1.82, 2.24) is 9.62 Å². The van der Waals surface area contributed by atoms with Crippen LogP contribution in [0.2, 0.25) is 0 Å². The molecule has 0 spiro atoms. The number of nitrogens with zero attached hydrogens (tertiary/aromatic N) is 1. The first-order valence-electron chi connectivity index (χ1n) is 7.86. The van der Waals surface area contributed by atoms with Gasteiger partial charge in [-0.05, 0) is 38.0 Å². The van der Waals surface area contributed by atoms with Gasteiger partial charge in [0.2, 0.25) is 10.0 Å². The van der Waals surface area contributed by atoms with Crippen molar-refractivity contribution in [3.05, 3.63) is 29.8 Å². The van der Waals surface area contributed by atoms with Gasteiger partial charge in [-0.3, -0.25) is 4.79 Å². The van der Waals surface area contributed by atoms with E-state index >= 15 is 0 Å². The Morgan fingerprint density at radius 3 is 2.75 bits per heavy atom. The summed E-state index contributed by atoms with van der Waals surface area (Å²) in [5.41, 5.74) is 0.102. The minimum absolute atomic E-state index is 0.0608. The zero-order valence-corrected chi connectivity index (χ0v) is 14.6. The summed E-state index contributed by atoms with van der Waals surface area (Å²) in [5.74, 6) is -1.17. The van der Waals surface area contributed by atoms with E-state index in [1.165, 1.54) is 35.6 Å². The lowest BCUT2D eigenvalue weighted by Crippen LogP contribution is -2.41. The van der Waals surface area contributed by atoms with E-state index in [4.69, 9.17) is 4.74 Å². The maximum atomic E-state index is 12.8. The molecule has 1 aliphatic heterocycles. The zero-order chi connectivity index (χ0) is 17.7. The van der Waals surface area contributed by atoms with E-state index in [1.807, 2.05) is 6.92 Å². The van der Waals surface area contributed by atoms with Crippen molar-refractivity contribution >= 4 is 21.9 Å². The Balaban J connectivity index is 2.20. The molecule has 1 aliphatic rings. The number of rotatable bonds is 5. The molecule has 0 aromatic heterocycles. The lowest BCUT2D eigenvalue weighted by atomic mass is 10.1. The predicted octanol–water partition coefficient (Wildman–Crippen LogP) is 1.15. The maximum absolute atomic E-state index is 12.8. The third-order valence-corrected chi connectivity index (χ3v) is 6.04. The van der Waals surface area contributed by atoms with Crippen LogP contribution in [0.15, 0.2) is 29.2 Å². The number of benzene rings is 1. The van der Waals surface area contributed by atoms with Crippen LogP contribution >= 0.6 is 0 Å². The average Bonchev–Trinajstić information content (AvgIpc) is 2.59. The zero-order valence-electron chi connectivity index (χ0n) is 13.8. The van der Waals surface area contributed by atoms with E-state index in [0.29, 0.717) is 6.54 Å². The summed E-state index contributed by atoms with van der Waals surface area (Å²) in [7, 11) is -2.22. The van der Waals surface area contributed by atoms with Crippen molar-refractivity contribution in [1.29, 1.82) is 0 Å². The molecule has 1 amide bonds. The van der Waals surface area contributed by atoms with Gasteiger partial charge in [0.15, 0.2) is 6.61 Å². The molecule has 1 aromatic rings. The van der Waals surface area contributed by atoms with Crippen molar-refractivity contribution in [2.24, 2.45) is 0 Å². The first-order valence-corrected chi connectivity index (χ1v) is 9.30. The number of amides is 1. The number of hydrogen-bond acceptors (Lipinski definition) is 5. The Morgan fingerprint density at radius 1 is 1.33 bits per heavy atom. The molecule has 1 fully saturated rings. The number of likely N-dealkylation sites (N-methyl/N-ethyl adjacent to an activating group) is 1. The molecule has 1 atom stereocenters. The summed E-state index contributed by atoms with van der Waals surface area (Å²) in [4.78, 5) is 23.2. The molecule has 0 unspecified atom stereocenters. The predicted molar refractivity (Wildman–Crippen MR) is 88.0 cm³/mol. The van der Waals surface area contributed by atoms with Crippen LogP contribution < -0.4 is 5.32 Å². The Labute approximate surface area is 142 Å². The van der Waals surface area contributed by atoms with Gasteiger partial charge in [0.05, 0.1) is 10.5 Å². The molecule has 0 bridgehead atoms. The van der Waals surface area contributed by atoms with Gasteiger partial charge in [0, 0.05) is 19.6 Å². The van der Waals surface area contributed by atoms with Crippen molar-refractivity contribution in [2.75, 3.05) is 20.2 Å². The quantitative estimate of drug-likeness (QED) is 0.801. The lowest BCUT2D eigenvalue weighted by molar-refractivity contribution is -0.123. The number of esters is 1. The third-order valence-electron chi connectivity index (χ3n) is 4.03. The molecule has 8 heteroatoms. The average molecular weight is 354 g/mol. The summed E-state index contributed by atoms with van der Waals surface area (Å²) in [5, 5.41) is 2.34. The Morgan fingerprint density at radius 2 is 2.08 bits per heavy atom. The Hall–Kier alpha value is -1.93. The fraction of sp³-hybridized carbons (Fsp3) is 0.500. The van der Waals surface area contributed by atoms with Crippen molar-refractivity contribution in [3.63, 3.8) is 0 Å². The number of sulfonamides is 1. The van der Waals surface area contributed by atoms with Crippen LogP contribution in [0, 0.1) is 0 Å². The van der Waals surface area contributed by atoms with E-state index in [0.717, 1.165) is 19.3 Å². The van der Waals surface area contributed by atoms with Gasteiger partial charge in [-0.1, -0.05) is 12.5 Å². The number of piperidine rings is 1. The highest BCUT2D eigenvalue weighted by molar-refractivity contribution is 7.89. The molecule has 0 aliphatic carbocycles. The van der Waals surface area contributed by atoms with Crippen molar-refractivity contribution < 1.29 is 22.7 Å². The second kappa shape index (κ2) is 7.76. The maximum Gasteiger partial charge on any atom is 0.338 e. The van der Waals surface area contributed by atoms with Gasteiger partial charge in [-0.25, -0.2) is 13.2 Å². The van der Waals surface area contributed by atoms with E-state index in [-0.39, 0.29) is 16.5 Å². The molecule has 1 heterocycles. The van der Waals surface area contributed by atoms with Crippen LogP contribution in [-0.2, 0) is 19.6 Å². The standard InChI is InChI=1S/C16H22N2O5S/c1-12-6-3-4-9-18(12)24(21,22)14-8-5-7-13(10-14)16(20)23-11-15(19)17-2/h5,7-8,10,12H,3-4,6,9,11H2,1-2H3,(H,17,19)/t12-/m1/s1. The van der Waals surface area contributed by atoms with E-state index in [2.05, 4.69) is 5.32 Å². The summed E-state index contributed by atoms with van der Waals surface area (Å²) in [6.07, 6.45) is 2.67. The molecule has 1 saturated heterocycles. The van der Waals surface area contributed by atoms with Crippen LogP contribution in [-0.4, -0.2) is 50.8 Å². The van der Waals surface area contributed by atoms with Crippen LogP contribution in [0.1, 0.15) is 36.5 Å². The van der Waals surface area contributed by atoms with Crippen LogP contribution in [0.25, 0.3) is 0 Å². The Bertz CT molecular complexity index is 717. The largest absolute Gasteiger partial charge is 0.452 e. The number of nitrogens with one attached hydrogen (secondary N) is 1. The highest BCUT2D eigenvalue weighted by atomic mass is 32.2. The highest BCUT2D eigenvalue weighted by Gasteiger charge is 2.31. The summed E-state index contributed by atoms with van der Waals surface area (Å²) >= 11 is 0. The monoisotopic (exact) mass is 354 g/mol. The van der Waals surface area contributed by atoms with E-state index in [1.54, 1.807) is 0 Å². The first kappa shape index (κ1) is 18.4. The Kier molecular flexibility index (Phi) is 5.95. The fourth-order valence-electron chi connectivity index (χ4n) is 2.63. The van der Waals surface area contributed by atoms with Crippen LogP contribution in [0.5, 0.6) is 0 Å². The molecular formula is C16H22N2O5S. The smallest absolute Gasteiger partial charge is 0.338 e. The number of carbonyl (C=O) groups is 2. The fourth-order valence-corrected chi connectivity index (χ4v) is 4.38. The molecule has 132 valence electrons. The molecule has 7 nitrogen and oxygen atoms in total. The molecule has 1 N–H and O–H groups in total. The summed E-state index contributed by atoms with van der Waals surface area (Å²) in [6.45, 7) is 1.96. The third kappa shape index (κ3) is 4.12. The van der Waals surface area contributed by atoms with Gasteiger partial charge in [0.1, 0.15) is 0 Å². The van der Waals surface area contributed by atoms with Crippen LogP contribution in [0.4, 0.5) is 0 Å². The summed E-state index contributed by atoms with van der Waals surface area (Å²) < 4.78 is 31.9. The molecule has 0 saturated carbocycles. The van der Waals surface area contributed by atoms with Gasteiger partial charge < -0.3 is 10.1 Å². The van der Waals surface area contributed by atoms with Crippen LogP contribution in [0.3, 0.4) is 0 Å². The van der Waals surface area contributed by atoms with Crippen molar-refractivity contribution in [3.8, 4) is 0 Å². The lowest BCUT2D eigenvalue weighted by Gasteiger charge is -2.32. The molecule has 2 rings (SSSR count). The second-order valence-corrected chi connectivity index (χ2v) is 7.63. The number of ether oxygens (including phenoxy) is 1. The SMILES string of the molecule is CNC(=O)COC(=O)c1cccc(S(=O)(=O)N2CCCC[C@H]2C)c1. The minimum atomic E-state index is -3.66. The van der Waals surface area contributed by atoms with Gasteiger partial charge in [-0.15, -0.1) is 0 Å². The normalized spacial score (nSPS) is 18.8. The summed E-state index contributed by atoms with van der Waals surface area (Å²) in [6, 6.07) is 5.66. The van der Waals surface area contributed by atoms with E-state index in [9.17, 15) is 18.0 Å². The topological polar surface area (TPSA) is 92.8 Å². The minimum Gasteiger partial charge on any atom is -0.452 e. The number of hydrogen-bond donors (Lipinski definition) is 1.